The SMILES string of the molecule is COCCOCCc1nc(C(C)C)c(I)c(=O)[nH]1. The smallest absolute Gasteiger partial charge is 0.264 e. The van der Waals surface area contributed by atoms with E-state index in [-0.39, 0.29) is 11.5 Å². The maximum Gasteiger partial charge on any atom is 0.264 e. The maximum absolute atomic E-state index is 11.7. The highest BCUT2D eigenvalue weighted by Gasteiger charge is 2.11. The highest BCUT2D eigenvalue weighted by Crippen LogP contribution is 2.15. The average molecular weight is 366 g/mol. The van der Waals surface area contributed by atoms with Crippen molar-refractivity contribution >= 4 is 22.6 Å². The Morgan fingerprint density at radius 3 is 2.67 bits per heavy atom. The second-order valence-corrected chi connectivity index (χ2v) is 5.30. The molecule has 0 saturated heterocycles. The molecule has 0 radical (unpaired) electrons. The molecule has 1 aromatic rings. The molecular formula is C12H19IN2O3. The molecule has 0 aliphatic heterocycles. The van der Waals surface area contributed by atoms with Crippen LogP contribution in [0.1, 0.15) is 31.3 Å². The van der Waals surface area contributed by atoms with E-state index >= 15 is 0 Å². The summed E-state index contributed by atoms with van der Waals surface area (Å²) >= 11 is 2.04. The molecule has 1 heterocycles. The first-order valence-electron chi connectivity index (χ1n) is 5.91. The predicted octanol–water partition coefficient (Wildman–Crippen LogP) is 1.70. The van der Waals surface area contributed by atoms with Gasteiger partial charge in [0.15, 0.2) is 0 Å². The van der Waals surface area contributed by atoms with Crippen LogP contribution in [-0.4, -0.2) is 36.9 Å². The Bertz CT molecular complexity index is 432. The topological polar surface area (TPSA) is 64.2 Å². The first-order valence-corrected chi connectivity index (χ1v) is 6.99. The average Bonchev–Trinajstić information content (AvgIpc) is 2.32. The van der Waals surface area contributed by atoms with Gasteiger partial charge in [-0.1, -0.05) is 13.8 Å². The van der Waals surface area contributed by atoms with Gasteiger partial charge in [0.05, 0.1) is 29.1 Å². The Morgan fingerprint density at radius 1 is 1.33 bits per heavy atom. The number of hydrogen-bond donors (Lipinski definition) is 1. The molecule has 0 spiro atoms. The minimum absolute atomic E-state index is 0.0683. The van der Waals surface area contributed by atoms with E-state index in [9.17, 15) is 4.79 Å². The van der Waals surface area contributed by atoms with Crippen molar-refractivity contribution in [2.45, 2.75) is 26.2 Å². The third-order valence-electron chi connectivity index (χ3n) is 2.40. The third-order valence-corrected chi connectivity index (χ3v) is 3.44. The lowest BCUT2D eigenvalue weighted by Gasteiger charge is -2.09. The van der Waals surface area contributed by atoms with Gasteiger partial charge < -0.3 is 14.5 Å². The number of methoxy groups -OCH3 is 1. The van der Waals surface area contributed by atoms with Crippen LogP contribution >= 0.6 is 22.6 Å². The monoisotopic (exact) mass is 366 g/mol. The highest BCUT2D eigenvalue weighted by atomic mass is 127. The van der Waals surface area contributed by atoms with Crippen LogP contribution in [0.3, 0.4) is 0 Å². The molecule has 0 unspecified atom stereocenters. The van der Waals surface area contributed by atoms with Crippen molar-refractivity contribution < 1.29 is 9.47 Å². The van der Waals surface area contributed by atoms with Crippen LogP contribution < -0.4 is 5.56 Å². The van der Waals surface area contributed by atoms with E-state index in [1.807, 2.05) is 36.4 Å². The quantitative estimate of drug-likeness (QED) is 0.590. The first-order chi connectivity index (χ1) is 8.56. The van der Waals surface area contributed by atoms with E-state index in [0.29, 0.717) is 35.6 Å². The fourth-order valence-corrected chi connectivity index (χ4v) is 2.32. The van der Waals surface area contributed by atoms with Crippen molar-refractivity contribution in [3.05, 3.63) is 25.4 Å². The van der Waals surface area contributed by atoms with E-state index in [0.717, 1.165) is 5.69 Å². The molecule has 0 saturated carbocycles. The number of hydrogen-bond acceptors (Lipinski definition) is 4. The van der Waals surface area contributed by atoms with Gasteiger partial charge in [0.2, 0.25) is 0 Å². The van der Waals surface area contributed by atoms with Gasteiger partial charge in [0, 0.05) is 13.5 Å². The number of aromatic nitrogens is 2. The fourth-order valence-electron chi connectivity index (χ4n) is 1.44. The van der Waals surface area contributed by atoms with E-state index in [1.165, 1.54) is 0 Å². The summed E-state index contributed by atoms with van der Waals surface area (Å²) in [4.78, 5) is 19.0. The zero-order valence-electron chi connectivity index (χ0n) is 11.0. The van der Waals surface area contributed by atoms with E-state index in [1.54, 1.807) is 7.11 Å². The number of H-pyrrole nitrogens is 1. The van der Waals surface area contributed by atoms with Crippen molar-refractivity contribution in [3.8, 4) is 0 Å². The van der Waals surface area contributed by atoms with Crippen LogP contribution in [0.2, 0.25) is 0 Å². The van der Waals surface area contributed by atoms with Crippen LogP contribution in [0.5, 0.6) is 0 Å². The molecule has 1 aromatic heterocycles. The summed E-state index contributed by atoms with van der Waals surface area (Å²) in [6.07, 6.45) is 0.607. The Hall–Kier alpha value is -0.470. The zero-order valence-corrected chi connectivity index (χ0v) is 13.1. The number of rotatable bonds is 7. The van der Waals surface area contributed by atoms with Gasteiger partial charge in [-0.15, -0.1) is 0 Å². The molecule has 0 aliphatic rings. The Morgan fingerprint density at radius 2 is 2.06 bits per heavy atom. The molecule has 6 heteroatoms. The lowest BCUT2D eigenvalue weighted by molar-refractivity contribution is 0.0716. The summed E-state index contributed by atoms with van der Waals surface area (Å²) in [6.45, 7) is 5.73. The molecule has 1 rings (SSSR count). The molecule has 1 N–H and O–H groups in total. The predicted molar refractivity (Wildman–Crippen MR) is 78.1 cm³/mol. The number of ether oxygens (including phenoxy) is 2. The summed E-state index contributed by atoms with van der Waals surface area (Å²) in [5, 5.41) is 0. The summed E-state index contributed by atoms with van der Waals surface area (Å²) in [5.74, 6) is 0.925. The highest BCUT2D eigenvalue weighted by molar-refractivity contribution is 14.1. The summed E-state index contributed by atoms with van der Waals surface area (Å²) in [5.41, 5.74) is 0.785. The van der Waals surface area contributed by atoms with Crippen LogP contribution in [0, 0.1) is 3.57 Å². The lowest BCUT2D eigenvalue weighted by Crippen LogP contribution is -2.20. The molecule has 0 atom stereocenters. The van der Waals surface area contributed by atoms with Gasteiger partial charge >= 0.3 is 0 Å². The summed E-state index contributed by atoms with van der Waals surface area (Å²) < 4.78 is 10.9. The van der Waals surface area contributed by atoms with Crippen molar-refractivity contribution in [3.63, 3.8) is 0 Å². The summed E-state index contributed by atoms with van der Waals surface area (Å²) in [6, 6.07) is 0. The summed E-state index contributed by atoms with van der Waals surface area (Å²) in [7, 11) is 1.64. The fraction of sp³-hybridized carbons (Fsp3) is 0.667. The number of nitrogens with zero attached hydrogens (tertiary/aromatic N) is 1. The van der Waals surface area contributed by atoms with E-state index in [4.69, 9.17) is 9.47 Å². The van der Waals surface area contributed by atoms with Gasteiger partial charge in [-0.2, -0.15) is 0 Å². The van der Waals surface area contributed by atoms with E-state index in [2.05, 4.69) is 9.97 Å². The maximum atomic E-state index is 11.7. The number of aromatic amines is 1. The molecule has 0 amide bonds. The van der Waals surface area contributed by atoms with Crippen LogP contribution in [0.25, 0.3) is 0 Å². The van der Waals surface area contributed by atoms with Gasteiger partial charge in [-0.3, -0.25) is 4.79 Å². The normalized spacial score (nSPS) is 11.2. The van der Waals surface area contributed by atoms with Crippen molar-refractivity contribution in [1.29, 1.82) is 0 Å². The largest absolute Gasteiger partial charge is 0.382 e. The molecule has 18 heavy (non-hydrogen) atoms. The molecule has 102 valence electrons. The third kappa shape index (κ3) is 4.66. The lowest BCUT2D eigenvalue weighted by atomic mass is 10.1. The second-order valence-electron chi connectivity index (χ2n) is 4.22. The molecular weight excluding hydrogens is 347 g/mol. The number of nitrogens with one attached hydrogen (secondary N) is 1. The van der Waals surface area contributed by atoms with Gasteiger partial charge in [0.1, 0.15) is 5.82 Å². The molecule has 0 aromatic carbocycles. The Labute approximate surface area is 120 Å². The van der Waals surface area contributed by atoms with Gasteiger partial charge in [-0.05, 0) is 28.5 Å². The molecule has 0 bridgehead atoms. The van der Waals surface area contributed by atoms with Crippen LogP contribution in [0.15, 0.2) is 4.79 Å². The molecule has 5 nitrogen and oxygen atoms in total. The minimum Gasteiger partial charge on any atom is -0.382 e. The van der Waals surface area contributed by atoms with Gasteiger partial charge in [-0.25, -0.2) is 4.98 Å². The van der Waals surface area contributed by atoms with Crippen molar-refractivity contribution in [1.82, 2.24) is 9.97 Å². The van der Waals surface area contributed by atoms with Crippen LogP contribution in [0.4, 0.5) is 0 Å². The number of halogens is 1. The molecule has 0 aliphatic carbocycles. The van der Waals surface area contributed by atoms with Gasteiger partial charge in [0.25, 0.3) is 5.56 Å². The van der Waals surface area contributed by atoms with Crippen molar-refractivity contribution in [2.24, 2.45) is 0 Å². The first kappa shape index (κ1) is 15.6. The minimum atomic E-state index is -0.0683. The van der Waals surface area contributed by atoms with Crippen molar-refractivity contribution in [2.75, 3.05) is 26.9 Å². The Kier molecular flexibility index (Phi) is 6.80. The zero-order chi connectivity index (χ0) is 13.5. The standard InChI is InChI=1S/C12H19IN2O3/c1-8(2)11-10(13)12(16)15-9(14-11)4-5-18-7-6-17-3/h8H,4-7H2,1-3H3,(H,14,15,16). The van der Waals surface area contributed by atoms with E-state index < -0.39 is 0 Å². The van der Waals surface area contributed by atoms with Crippen LogP contribution in [-0.2, 0) is 15.9 Å². The Balaban J connectivity index is 2.64. The second kappa shape index (κ2) is 7.85. The molecule has 0 fully saturated rings.